The van der Waals surface area contributed by atoms with E-state index in [0.717, 1.165) is 54.8 Å². The van der Waals surface area contributed by atoms with Crippen LogP contribution in [0.3, 0.4) is 0 Å². The lowest BCUT2D eigenvalue weighted by Gasteiger charge is -2.61. The molecule has 30 heavy (non-hydrogen) atoms. The highest BCUT2D eigenvalue weighted by Crippen LogP contribution is 2.69. The summed E-state index contributed by atoms with van der Waals surface area (Å²) in [6.45, 7) is 12.5. The highest BCUT2D eigenvalue weighted by atomic mass is 35.5. The Labute approximate surface area is 190 Å². The Morgan fingerprint density at radius 3 is 2.33 bits per heavy atom. The standard InChI is InChI=1S/C27H46ClNO/c1-18(2)7-6-8-19(3)22-11-12-23-21-10-9-20-17-27(28,29-30)16-15-25(20,4)24(21)13-14-26(22,23)5/h18-24H,6-17H2,1-5H3/t19-,20?,21+,22-,23+,24+,25+,26-,27?/m1/s1. The lowest BCUT2D eigenvalue weighted by molar-refractivity contribution is -0.118. The van der Waals surface area contributed by atoms with E-state index in [0.29, 0.717) is 16.7 Å². The normalized spacial score (nSPS) is 49.2. The van der Waals surface area contributed by atoms with Crippen LogP contribution in [0.25, 0.3) is 0 Å². The van der Waals surface area contributed by atoms with Crippen LogP contribution in [0, 0.1) is 57.2 Å². The van der Waals surface area contributed by atoms with Crippen molar-refractivity contribution in [2.24, 2.45) is 57.4 Å². The van der Waals surface area contributed by atoms with Gasteiger partial charge in [0.25, 0.3) is 0 Å². The van der Waals surface area contributed by atoms with E-state index in [2.05, 4.69) is 39.8 Å². The molecule has 0 aromatic rings. The Kier molecular flexibility index (Phi) is 6.42. The van der Waals surface area contributed by atoms with E-state index in [-0.39, 0.29) is 0 Å². The second kappa shape index (κ2) is 8.35. The average molecular weight is 436 g/mol. The first-order valence-corrected chi connectivity index (χ1v) is 13.5. The van der Waals surface area contributed by atoms with Crippen molar-refractivity contribution >= 4 is 11.6 Å². The number of nitrogens with zero attached hydrogens (tertiary/aromatic N) is 1. The molecule has 9 atom stereocenters. The van der Waals surface area contributed by atoms with Gasteiger partial charge in [0.05, 0.1) is 0 Å². The molecule has 172 valence electrons. The van der Waals surface area contributed by atoms with Crippen molar-refractivity contribution < 1.29 is 0 Å². The zero-order chi connectivity index (χ0) is 21.7. The van der Waals surface area contributed by atoms with E-state index >= 15 is 0 Å². The molecule has 4 saturated carbocycles. The molecule has 2 nitrogen and oxygen atoms in total. The molecule has 0 N–H and O–H groups in total. The first-order chi connectivity index (χ1) is 14.1. The van der Waals surface area contributed by atoms with Gasteiger partial charge in [-0.3, -0.25) is 0 Å². The van der Waals surface area contributed by atoms with Crippen molar-refractivity contribution in [1.29, 1.82) is 0 Å². The summed E-state index contributed by atoms with van der Waals surface area (Å²) in [5, 5.41) is 3.35. The first-order valence-electron chi connectivity index (χ1n) is 13.2. The van der Waals surface area contributed by atoms with E-state index in [1.165, 1.54) is 57.8 Å². The Balaban J connectivity index is 1.47. The van der Waals surface area contributed by atoms with Crippen molar-refractivity contribution in [3.05, 3.63) is 4.91 Å². The summed E-state index contributed by atoms with van der Waals surface area (Å²) in [6, 6.07) is 0. The monoisotopic (exact) mass is 435 g/mol. The predicted octanol–water partition coefficient (Wildman–Crippen LogP) is 8.81. The Morgan fingerprint density at radius 1 is 0.900 bits per heavy atom. The maximum Gasteiger partial charge on any atom is 0.175 e. The second-order valence-corrected chi connectivity index (χ2v) is 13.6. The number of alkyl halides is 1. The fraction of sp³-hybridized carbons (Fsp3) is 1.00. The van der Waals surface area contributed by atoms with Crippen molar-refractivity contribution in [3.8, 4) is 0 Å². The number of hydrogen-bond acceptors (Lipinski definition) is 2. The maximum absolute atomic E-state index is 11.4. The molecule has 0 aromatic heterocycles. The molecule has 0 aromatic carbocycles. The van der Waals surface area contributed by atoms with Crippen LogP contribution in [0.1, 0.15) is 112 Å². The third kappa shape index (κ3) is 3.80. The molecule has 0 saturated heterocycles. The molecule has 4 fully saturated rings. The van der Waals surface area contributed by atoms with Gasteiger partial charge in [0.1, 0.15) is 0 Å². The number of hydrogen-bond donors (Lipinski definition) is 0. The topological polar surface area (TPSA) is 29.4 Å². The van der Waals surface area contributed by atoms with Gasteiger partial charge in [-0.1, -0.05) is 65.5 Å². The summed E-state index contributed by atoms with van der Waals surface area (Å²) in [5.41, 5.74) is 0.950. The Hall–Kier alpha value is -0.110. The predicted molar refractivity (Wildman–Crippen MR) is 127 cm³/mol. The maximum atomic E-state index is 11.4. The van der Waals surface area contributed by atoms with Crippen molar-refractivity contribution in [2.75, 3.05) is 0 Å². The fourth-order valence-corrected chi connectivity index (χ4v) is 9.59. The third-order valence-electron chi connectivity index (χ3n) is 11.0. The fourth-order valence-electron chi connectivity index (χ4n) is 9.31. The molecule has 4 rings (SSSR count). The van der Waals surface area contributed by atoms with Gasteiger partial charge in [-0.05, 0) is 115 Å². The van der Waals surface area contributed by atoms with Gasteiger partial charge in [0.2, 0.25) is 0 Å². The number of halogens is 1. The zero-order valence-electron chi connectivity index (χ0n) is 20.3. The molecular formula is C27H46ClNO. The van der Waals surface area contributed by atoms with E-state index in [4.69, 9.17) is 11.6 Å². The summed E-state index contributed by atoms with van der Waals surface area (Å²) >= 11 is 6.56. The summed E-state index contributed by atoms with van der Waals surface area (Å²) < 4.78 is 0. The molecule has 4 aliphatic carbocycles. The molecule has 2 unspecified atom stereocenters. The minimum absolute atomic E-state index is 0.383. The van der Waals surface area contributed by atoms with Crippen molar-refractivity contribution in [3.63, 3.8) is 0 Å². The highest BCUT2D eigenvalue weighted by molar-refractivity contribution is 6.23. The average Bonchev–Trinajstić information content (AvgIpc) is 3.05. The highest BCUT2D eigenvalue weighted by Gasteiger charge is 2.61. The van der Waals surface area contributed by atoms with E-state index < -0.39 is 5.00 Å². The van der Waals surface area contributed by atoms with Crippen LogP contribution in [0.15, 0.2) is 5.18 Å². The van der Waals surface area contributed by atoms with Crippen LogP contribution >= 0.6 is 11.6 Å². The van der Waals surface area contributed by atoms with Crippen LogP contribution in [-0.2, 0) is 0 Å². The molecule has 4 aliphatic rings. The first kappa shape index (κ1) is 23.1. The smallest absolute Gasteiger partial charge is 0.149 e. The van der Waals surface area contributed by atoms with Gasteiger partial charge in [0.15, 0.2) is 5.00 Å². The summed E-state index contributed by atoms with van der Waals surface area (Å²) in [4.78, 5) is 10.5. The van der Waals surface area contributed by atoms with Crippen LogP contribution in [0.2, 0.25) is 0 Å². The number of fused-ring (bicyclic) bond motifs is 5. The Bertz CT molecular complexity index is 636. The molecule has 0 aliphatic heterocycles. The number of rotatable bonds is 6. The molecule has 0 bridgehead atoms. The minimum Gasteiger partial charge on any atom is -0.149 e. The van der Waals surface area contributed by atoms with Crippen molar-refractivity contribution in [2.45, 2.75) is 117 Å². The molecule has 0 heterocycles. The molecule has 3 heteroatoms. The van der Waals surface area contributed by atoms with Gasteiger partial charge in [-0.25, -0.2) is 0 Å². The van der Waals surface area contributed by atoms with Gasteiger partial charge in [-0.15, -0.1) is 4.91 Å². The summed E-state index contributed by atoms with van der Waals surface area (Å²) in [5.74, 6) is 5.93. The number of nitroso groups, excluding NO2 is 1. The Morgan fingerprint density at radius 2 is 1.63 bits per heavy atom. The second-order valence-electron chi connectivity index (χ2n) is 12.9. The third-order valence-corrected chi connectivity index (χ3v) is 11.4. The zero-order valence-corrected chi connectivity index (χ0v) is 21.0. The van der Waals surface area contributed by atoms with Gasteiger partial charge in [-0.2, -0.15) is 0 Å². The largest absolute Gasteiger partial charge is 0.175 e. The van der Waals surface area contributed by atoms with Crippen LogP contribution in [0.4, 0.5) is 0 Å². The van der Waals surface area contributed by atoms with Crippen LogP contribution in [0.5, 0.6) is 0 Å². The lowest BCUT2D eigenvalue weighted by Crippen LogP contribution is -2.55. The summed E-state index contributed by atoms with van der Waals surface area (Å²) in [6.07, 6.45) is 15.3. The lowest BCUT2D eigenvalue weighted by atomic mass is 9.44. The van der Waals surface area contributed by atoms with Gasteiger partial charge >= 0.3 is 0 Å². The minimum atomic E-state index is -0.815. The van der Waals surface area contributed by atoms with E-state index in [1.807, 2.05) is 0 Å². The van der Waals surface area contributed by atoms with Crippen LogP contribution < -0.4 is 0 Å². The SMILES string of the molecule is CC(C)CCC[C@@H](C)[C@H]1CC[C@H]2[C@@H]3CCC4CC(Cl)(N=O)CC[C@]4(C)[C@H]3CC[C@]12C. The molecule has 0 amide bonds. The van der Waals surface area contributed by atoms with E-state index in [9.17, 15) is 4.91 Å². The molecular weight excluding hydrogens is 390 g/mol. The van der Waals surface area contributed by atoms with Crippen LogP contribution in [-0.4, -0.2) is 5.00 Å². The summed E-state index contributed by atoms with van der Waals surface area (Å²) in [7, 11) is 0. The molecule has 0 spiro atoms. The van der Waals surface area contributed by atoms with Gasteiger partial charge < -0.3 is 0 Å². The van der Waals surface area contributed by atoms with Crippen molar-refractivity contribution in [1.82, 2.24) is 0 Å². The molecule has 0 radical (unpaired) electrons. The van der Waals surface area contributed by atoms with E-state index in [1.54, 1.807) is 0 Å². The van der Waals surface area contributed by atoms with Gasteiger partial charge in [0, 0.05) is 0 Å². The quantitative estimate of drug-likeness (QED) is 0.232.